The molecule has 4 aromatic rings. The molecule has 1 saturated heterocycles. The van der Waals surface area contributed by atoms with Crippen LogP contribution in [0.25, 0.3) is 12.2 Å². The first-order valence-electron chi connectivity index (χ1n) is 18.6. The zero-order valence-corrected chi connectivity index (χ0v) is 31.0. The van der Waals surface area contributed by atoms with Gasteiger partial charge in [0.1, 0.15) is 23.4 Å². The second-order valence-electron chi connectivity index (χ2n) is 14.7. The molecule has 0 aromatic heterocycles. The van der Waals surface area contributed by atoms with Crippen molar-refractivity contribution >= 4 is 29.7 Å². The lowest BCUT2D eigenvalue weighted by Crippen LogP contribution is -2.68. The molecule has 0 spiro atoms. The molecule has 2 aliphatic carbocycles. The van der Waals surface area contributed by atoms with Crippen LogP contribution < -0.4 is 20.9 Å². The maximum Gasteiger partial charge on any atom is 0.308 e. The molecule has 0 bridgehead atoms. The number of hydrogen-bond donors (Lipinski definition) is 8. The van der Waals surface area contributed by atoms with Crippen LogP contribution in [0.2, 0.25) is 0 Å². The number of hydrogen-bond acceptors (Lipinski definition) is 14. The molecule has 1 aliphatic heterocycles. The van der Waals surface area contributed by atoms with Crippen LogP contribution in [-0.4, -0.2) is 78.6 Å². The highest BCUT2D eigenvalue weighted by Crippen LogP contribution is 2.46. The normalized spacial score (nSPS) is 21.8. The largest absolute Gasteiger partial charge is 0.507 e. The van der Waals surface area contributed by atoms with E-state index in [-0.39, 0.29) is 57.2 Å². The van der Waals surface area contributed by atoms with E-state index in [2.05, 4.69) is 0 Å². The van der Waals surface area contributed by atoms with E-state index in [1.54, 1.807) is 54.6 Å². The van der Waals surface area contributed by atoms with E-state index in [4.69, 9.17) is 25.7 Å². The molecule has 298 valence electrons. The van der Waals surface area contributed by atoms with Gasteiger partial charge in [0, 0.05) is 41.2 Å². The van der Waals surface area contributed by atoms with Gasteiger partial charge in [0.15, 0.2) is 17.7 Å². The molecule has 1 heterocycles. The summed E-state index contributed by atoms with van der Waals surface area (Å²) in [5.74, 6) is -6.75. The number of benzene rings is 4. The van der Waals surface area contributed by atoms with Gasteiger partial charge in [-0.2, -0.15) is 0 Å². The van der Waals surface area contributed by atoms with Crippen LogP contribution in [0.3, 0.4) is 0 Å². The summed E-state index contributed by atoms with van der Waals surface area (Å²) in [4.78, 5) is 41.7. The Morgan fingerprint density at radius 1 is 0.912 bits per heavy atom. The van der Waals surface area contributed by atoms with Gasteiger partial charge >= 0.3 is 5.97 Å². The summed E-state index contributed by atoms with van der Waals surface area (Å²) >= 11 is 0. The van der Waals surface area contributed by atoms with Crippen LogP contribution in [0.5, 0.6) is 17.2 Å². The van der Waals surface area contributed by atoms with E-state index >= 15 is 0 Å². The zero-order chi connectivity index (χ0) is 40.8. The summed E-state index contributed by atoms with van der Waals surface area (Å²) < 4.78 is 17.8. The molecule has 14 nitrogen and oxygen atoms in total. The Hall–Kier alpha value is -5.29. The first kappa shape index (κ1) is 39.9. The number of fused-ring (bicyclic) bond motifs is 2. The van der Waals surface area contributed by atoms with Gasteiger partial charge in [0.2, 0.25) is 12.1 Å². The monoisotopic (exact) mass is 780 g/mol. The molecule has 0 unspecified atom stereocenters. The molecule has 57 heavy (non-hydrogen) atoms. The summed E-state index contributed by atoms with van der Waals surface area (Å²) in [5, 5.41) is 66.6. The summed E-state index contributed by atoms with van der Waals surface area (Å²) in [6.07, 6.45) is -2.07. The number of rotatable bonds is 10. The minimum absolute atomic E-state index is 0.0366. The van der Waals surface area contributed by atoms with Crippen molar-refractivity contribution < 1.29 is 59.2 Å². The number of aliphatic hydroxyl groups excluding tert-OH is 3. The van der Waals surface area contributed by atoms with Crippen LogP contribution in [0.1, 0.15) is 104 Å². The smallest absolute Gasteiger partial charge is 0.308 e. The number of ketones is 2. The maximum absolute atomic E-state index is 14.8. The molecule has 14 heteroatoms. The Labute approximate surface area is 327 Å². The molecule has 10 N–H and O–H groups in total. The predicted octanol–water partition coefficient (Wildman–Crippen LogP) is 2.96. The fourth-order valence-corrected chi connectivity index (χ4v) is 8.03. The van der Waals surface area contributed by atoms with Crippen molar-refractivity contribution in [3.63, 3.8) is 0 Å². The first-order valence-corrected chi connectivity index (χ1v) is 18.6. The lowest BCUT2D eigenvalue weighted by atomic mass is 9.77. The van der Waals surface area contributed by atoms with E-state index < -0.39 is 72.0 Å². The van der Waals surface area contributed by atoms with Crippen molar-refractivity contribution in [1.82, 2.24) is 0 Å². The second kappa shape index (κ2) is 15.9. The number of nitrogens with two attached hydrogens (primary N) is 2. The third-order valence-corrected chi connectivity index (χ3v) is 10.9. The van der Waals surface area contributed by atoms with Crippen molar-refractivity contribution in [1.29, 1.82) is 0 Å². The van der Waals surface area contributed by atoms with Gasteiger partial charge in [-0.1, -0.05) is 73.5 Å². The SMILES string of the molecule is CC(=O)Oc1cc(CO)c2c(c1C=Cc1ccccc1)C(=O)c1cc(O[C@@H]3O[C@@H](C4CCCC4)[C@@H](O)C(O)(O)[C@H]3O)c(Cc3cccc(C(N)N)c3)c(O)c1C2=O. The molecular formula is C43H44N2O12. The summed E-state index contributed by atoms with van der Waals surface area (Å²) in [6.45, 7) is 0.431. The van der Waals surface area contributed by atoms with Gasteiger partial charge < -0.3 is 56.3 Å². The van der Waals surface area contributed by atoms with Crippen LogP contribution in [-0.2, 0) is 22.6 Å². The molecule has 0 radical (unpaired) electrons. The number of esters is 1. The van der Waals surface area contributed by atoms with E-state index in [1.165, 1.54) is 18.2 Å². The third kappa shape index (κ3) is 7.49. The van der Waals surface area contributed by atoms with Crippen molar-refractivity contribution in [2.24, 2.45) is 17.4 Å². The van der Waals surface area contributed by atoms with E-state index in [0.29, 0.717) is 24.0 Å². The van der Waals surface area contributed by atoms with Crippen LogP contribution in [0.4, 0.5) is 0 Å². The highest BCUT2D eigenvalue weighted by Gasteiger charge is 2.57. The minimum Gasteiger partial charge on any atom is -0.507 e. The summed E-state index contributed by atoms with van der Waals surface area (Å²) in [6, 6.07) is 18.3. The number of phenolic OH excluding ortho intramolecular Hbond substituents is 1. The Morgan fingerprint density at radius 3 is 2.30 bits per heavy atom. The van der Waals surface area contributed by atoms with Crippen LogP contribution in [0, 0.1) is 5.92 Å². The van der Waals surface area contributed by atoms with Crippen molar-refractivity contribution in [3.8, 4) is 17.2 Å². The molecule has 2 fully saturated rings. The average Bonchev–Trinajstić information content (AvgIpc) is 3.73. The molecule has 4 aromatic carbocycles. The van der Waals surface area contributed by atoms with Gasteiger partial charge in [0.05, 0.1) is 24.4 Å². The van der Waals surface area contributed by atoms with Gasteiger partial charge in [-0.05, 0) is 59.2 Å². The molecule has 3 aliphatic rings. The highest BCUT2D eigenvalue weighted by molar-refractivity contribution is 6.31. The molecule has 1 saturated carbocycles. The van der Waals surface area contributed by atoms with Crippen molar-refractivity contribution in [2.45, 2.75) is 82.2 Å². The number of carbonyl (C=O) groups excluding carboxylic acids is 3. The van der Waals surface area contributed by atoms with E-state index in [0.717, 1.165) is 25.3 Å². The summed E-state index contributed by atoms with van der Waals surface area (Å²) in [7, 11) is 0. The van der Waals surface area contributed by atoms with Gasteiger partial charge in [0.25, 0.3) is 0 Å². The van der Waals surface area contributed by atoms with E-state index in [1.807, 2.05) is 6.07 Å². The number of aliphatic hydroxyl groups is 5. The Morgan fingerprint density at radius 2 is 1.63 bits per heavy atom. The molecule has 7 rings (SSSR count). The Balaban J connectivity index is 1.41. The minimum atomic E-state index is -3.07. The molecule has 0 amide bonds. The number of ether oxygens (including phenoxy) is 3. The Kier molecular flexibility index (Phi) is 11.2. The predicted molar refractivity (Wildman–Crippen MR) is 205 cm³/mol. The first-order chi connectivity index (χ1) is 27.2. The summed E-state index contributed by atoms with van der Waals surface area (Å²) in [5.41, 5.74) is 12.5. The molecule has 4 atom stereocenters. The Bertz CT molecular complexity index is 2250. The maximum atomic E-state index is 14.8. The van der Waals surface area contributed by atoms with Gasteiger partial charge in [-0.15, -0.1) is 0 Å². The fraction of sp³-hybridized carbons (Fsp3) is 0.326. The number of phenols is 1. The second-order valence-corrected chi connectivity index (χ2v) is 14.7. The molecular weight excluding hydrogens is 736 g/mol. The van der Waals surface area contributed by atoms with Gasteiger partial charge in [-0.25, -0.2) is 0 Å². The van der Waals surface area contributed by atoms with Crippen molar-refractivity contribution in [3.05, 3.63) is 122 Å². The van der Waals surface area contributed by atoms with Crippen LogP contribution in [0.15, 0.2) is 66.7 Å². The quantitative estimate of drug-likeness (QED) is 0.0439. The number of aromatic hydroxyl groups is 1. The topological polar surface area (TPSA) is 252 Å². The average molecular weight is 781 g/mol. The zero-order valence-electron chi connectivity index (χ0n) is 31.0. The van der Waals surface area contributed by atoms with E-state index in [9.17, 15) is 45.0 Å². The lowest BCUT2D eigenvalue weighted by Gasteiger charge is -2.46. The number of carbonyl (C=O) groups is 3. The standard InChI is InChI=1S/C43H44N2O12/c1-21(47)55-30-18-26(20-46)32-33(27(30)15-14-22-8-3-2-4-9-22)36(49)29-19-31(56-42-40(52)43(53,54)39(51)38(57-42)24-11-5-6-12-24)28(35(48)34(29)37(32)50)17-23-10-7-13-25(16-23)41(44)45/h2-4,7-10,13-16,18-19,24,38-42,46,48,51-54H,5-6,11-12,17,20,44-45H2,1H3/t38-,39+,40-,42+/m0/s1. The van der Waals surface area contributed by atoms with Crippen LogP contribution >= 0.6 is 0 Å². The van der Waals surface area contributed by atoms with Crippen molar-refractivity contribution in [2.75, 3.05) is 0 Å². The highest BCUT2D eigenvalue weighted by atomic mass is 16.7. The lowest BCUT2D eigenvalue weighted by molar-refractivity contribution is -0.379. The van der Waals surface area contributed by atoms with Gasteiger partial charge in [-0.3, -0.25) is 14.4 Å². The third-order valence-electron chi connectivity index (χ3n) is 10.9. The fourth-order valence-electron chi connectivity index (χ4n) is 8.03.